The Kier molecular flexibility index (Phi) is 4.34. The van der Waals surface area contributed by atoms with Crippen LogP contribution in [-0.2, 0) is 4.79 Å². The topological polar surface area (TPSA) is 55.1 Å². The zero-order valence-electron chi connectivity index (χ0n) is 11.3. The van der Waals surface area contributed by atoms with Crippen LogP contribution in [0.5, 0.6) is 0 Å². The average molecular weight is 258 g/mol. The van der Waals surface area contributed by atoms with Gasteiger partial charge in [0.15, 0.2) is 0 Å². The van der Waals surface area contributed by atoms with Gasteiger partial charge in [0.25, 0.3) is 0 Å². The number of aromatic nitrogens is 1. The maximum atomic E-state index is 11.6. The molecule has 100 valence electrons. The number of amides is 1. The van der Waals surface area contributed by atoms with Crippen molar-refractivity contribution in [2.45, 2.75) is 33.1 Å². The van der Waals surface area contributed by atoms with E-state index in [1.165, 1.54) is 5.56 Å². The van der Waals surface area contributed by atoms with Crippen LogP contribution in [0.3, 0.4) is 0 Å². The van der Waals surface area contributed by atoms with E-state index in [-0.39, 0.29) is 5.91 Å². The Bertz CT molecular complexity index is 544. The molecule has 0 saturated heterocycles. The fourth-order valence-electron chi connectivity index (χ4n) is 1.73. The third-order valence-corrected chi connectivity index (χ3v) is 2.88. The Hall–Kier alpha value is -2.10. The Labute approximate surface area is 112 Å². The summed E-state index contributed by atoms with van der Waals surface area (Å²) in [6.07, 6.45) is 2.39. The number of carbonyl (C=O) groups excluding carboxylic acids is 1. The van der Waals surface area contributed by atoms with E-state index in [0.29, 0.717) is 12.3 Å². The summed E-state index contributed by atoms with van der Waals surface area (Å²) >= 11 is 0. The van der Waals surface area contributed by atoms with Crippen LogP contribution in [0.25, 0.3) is 11.3 Å². The number of aryl methyl sites for hydroxylation is 1. The van der Waals surface area contributed by atoms with Gasteiger partial charge in [0.05, 0.1) is 0 Å². The molecule has 0 atom stereocenters. The van der Waals surface area contributed by atoms with Gasteiger partial charge in [-0.05, 0) is 13.3 Å². The van der Waals surface area contributed by atoms with E-state index in [0.717, 1.165) is 24.1 Å². The molecule has 0 fully saturated rings. The maximum Gasteiger partial charge on any atom is 0.231 e. The van der Waals surface area contributed by atoms with Crippen LogP contribution in [0.4, 0.5) is 5.88 Å². The lowest BCUT2D eigenvalue weighted by molar-refractivity contribution is -0.116. The highest BCUT2D eigenvalue weighted by atomic mass is 16.5. The Morgan fingerprint density at radius 1 is 1.32 bits per heavy atom. The number of carbonyl (C=O) groups is 1. The molecule has 0 aliphatic carbocycles. The molecule has 19 heavy (non-hydrogen) atoms. The summed E-state index contributed by atoms with van der Waals surface area (Å²) < 4.78 is 5.12. The van der Waals surface area contributed by atoms with Crippen molar-refractivity contribution < 1.29 is 9.32 Å². The summed E-state index contributed by atoms with van der Waals surface area (Å²) in [6.45, 7) is 4.09. The second-order valence-corrected chi connectivity index (χ2v) is 4.59. The normalized spacial score (nSPS) is 10.4. The second kappa shape index (κ2) is 6.18. The standard InChI is InChI=1S/C15H18N2O2/c1-3-4-5-14(18)16-15-10-13(17-19-15)12-8-6-11(2)7-9-12/h6-10H,3-5H2,1-2H3,(H,16,18). The van der Waals surface area contributed by atoms with E-state index < -0.39 is 0 Å². The predicted octanol–water partition coefficient (Wildman–Crippen LogP) is 3.78. The fourth-order valence-corrected chi connectivity index (χ4v) is 1.73. The fraction of sp³-hybridized carbons (Fsp3) is 0.333. The number of hydrogen-bond acceptors (Lipinski definition) is 3. The molecule has 1 N–H and O–H groups in total. The van der Waals surface area contributed by atoms with Gasteiger partial charge in [0.2, 0.25) is 11.8 Å². The van der Waals surface area contributed by atoms with Crippen molar-refractivity contribution in [3.8, 4) is 11.3 Å². The summed E-state index contributed by atoms with van der Waals surface area (Å²) in [5.74, 6) is 0.366. The summed E-state index contributed by atoms with van der Waals surface area (Å²) in [5.41, 5.74) is 2.90. The zero-order valence-corrected chi connectivity index (χ0v) is 11.3. The molecule has 0 aliphatic heterocycles. The van der Waals surface area contributed by atoms with Crippen molar-refractivity contribution in [2.24, 2.45) is 0 Å². The highest BCUT2D eigenvalue weighted by Gasteiger charge is 2.09. The molecule has 1 heterocycles. The molecular weight excluding hydrogens is 240 g/mol. The van der Waals surface area contributed by atoms with Crippen LogP contribution >= 0.6 is 0 Å². The van der Waals surface area contributed by atoms with Crippen LogP contribution in [0, 0.1) is 6.92 Å². The summed E-state index contributed by atoms with van der Waals surface area (Å²) in [4.78, 5) is 11.6. The van der Waals surface area contributed by atoms with Crippen molar-refractivity contribution in [3.05, 3.63) is 35.9 Å². The molecule has 0 aliphatic rings. The molecule has 0 radical (unpaired) electrons. The molecule has 1 aromatic heterocycles. The largest absolute Gasteiger partial charge is 0.338 e. The van der Waals surface area contributed by atoms with Gasteiger partial charge in [-0.1, -0.05) is 48.3 Å². The number of nitrogens with zero attached hydrogens (tertiary/aromatic N) is 1. The van der Waals surface area contributed by atoms with E-state index >= 15 is 0 Å². The minimum Gasteiger partial charge on any atom is -0.338 e. The van der Waals surface area contributed by atoms with Gasteiger partial charge < -0.3 is 4.52 Å². The SMILES string of the molecule is CCCCC(=O)Nc1cc(-c2ccc(C)cc2)no1. The number of nitrogens with one attached hydrogen (secondary N) is 1. The van der Waals surface area contributed by atoms with Gasteiger partial charge in [0, 0.05) is 18.1 Å². The van der Waals surface area contributed by atoms with Crippen molar-refractivity contribution in [1.29, 1.82) is 0 Å². The lowest BCUT2D eigenvalue weighted by atomic mass is 10.1. The molecule has 4 nitrogen and oxygen atoms in total. The van der Waals surface area contributed by atoms with E-state index in [2.05, 4.69) is 17.4 Å². The first-order chi connectivity index (χ1) is 9.19. The minimum absolute atomic E-state index is 0.0338. The number of rotatable bonds is 5. The molecule has 0 bridgehead atoms. The van der Waals surface area contributed by atoms with Gasteiger partial charge in [-0.3, -0.25) is 10.1 Å². The van der Waals surface area contributed by atoms with Crippen LogP contribution < -0.4 is 5.32 Å². The summed E-state index contributed by atoms with van der Waals surface area (Å²) in [6, 6.07) is 9.74. The van der Waals surface area contributed by atoms with Crippen molar-refractivity contribution in [1.82, 2.24) is 5.16 Å². The van der Waals surface area contributed by atoms with Gasteiger partial charge in [-0.25, -0.2) is 0 Å². The first-order valence-electron chi connectivity index (χ1n) is 6.52. The number of anilines is 1. The molecule has 1 amide bonds. The maximum absolute atomic E-state index is 11.6. The first-order valence-corrected chi connectivity index (χ1v) is 6.52. The Morgan fingerprint density at radius 3 is 2.74 bits per heavy atom. The highest BCUT2D eigenvalue weighted by molar-refractivity contribution is 5.89. The number of benzene rings is 1. The van der Waals surface area contributed by atoms with Gasteiger partial charge in [-0.2, -0.15) is 0 Å². The van der Waals surface area contributed by atoms with Crippen LogP contribution in [0.2, 0.25) is 0 Å². The van der Waals surface area contributed by atoms with Gasteiger partial charge in [0.1, 0.15) is 5.69 Å². The Balaban J connectivity index is 2.02. The second-order valence-electron chi connectivity index (χ2n) is 4.59. The van der Waals surface area contributed by atoms with Crippen LogP contribution in [-0.4, -0.2) is 11.1 Å². The highest BCUT2D eigenvalue weighted by Crippen LogP contribution is 2.22. The number of hydrogen-bond donors (Lipinski definition) is 1. The summed E-state index contributed by atoms with van der Waals surface area (Å²) in [7, 11) is 0. The van der Waals surface area contributed by atoms with Gasteiger partial charge >= 0.3 is 0 Å². The number of unbranched alkanes of at least 4 members (excludes halogenated alkanes) is 1. The minimum atomic E-state index is -0.0338. The molecule has 0 unspecified atom stereocenters. The van der Waals surface area contributed by atoms with Crippen molar-refractivity contribution >= 4 is 11.8 Å². The summed E-state index contributed by atoms with van der Waals surface area (Å²) in [5, 5.41) is 6.67. The zero-order chi connectivity index (χ0) is 13.7. The molecule has 2 aromatic rings. The quantitative estimate of drug-likeness (QED) is 0.888. The third-order valence-electron chi connectivity index (χ3n) is 2.88. The average Bonchev–Trinajstić information content (AvgIpc) is 2.85. The first kappa shape index (κ1) is 13.3. The lowest BCUT2D eigenvalue weighted by Crippen LogP contribution is -2.10. The van der Waals surface area contributed by atoms with E-state index in [9.17, 15) is 4.79 Å². The van der Waals surface area contributed by atoms with Crippen LogP contribution in [0.15, 0.2) is 34.9 Å². The molecule has 2 rings (SSSR count). The van der Waals surface area contributed by atoms with Crippen LogP contribution in [0.1, 0.15) is 31.7 Å². The smallest absolute Gasteiger partial charge is 0.231 e. The molecular formula is C15H18N2O2. The van der Waals surface area contributed by atoms with Crippen molar-refractivity contribution in [2.75, 3.05) is 5.32 Å². The monoisotopic (exact) mass is 258 g/mol. The van der Waals surface area contributed by atoms with Gasteiger partial charge in [-0.15, -0.1) is 0 Å². The predicted molar refractivity (Wildman–Crippen MR) is 74.8 cm³/mol. The van der Waals surface area contributed by atoms with E-state index in [4.69, 9.17) is 4.52 Å². The van der Waals surface area contributed by atoms with Crippen molar-refractivity contribution in [3.63, 3.8) is 0 Å². The lowest BCUT2D eigenvalue weighted by Gasteiger charge is -1.98. The molecule has 4 heteroatoms. The van der Waals surface area contributed by atoms with E-state index in [1.807, 2.05) is 31.2 Å². The third kappa shape index (κ3) is 3.68. The molecule has 1 aromatic carbocycles. The molecule has 0 saturated carbocycles. The Morgan fingerprint density at radius 2 is 2.05 bits per heavy atom. The van der Waals surface area contributed by atoms with E-state index in [1.54, 1.807) is 6.07 Å². The molecule has 0 spiro atoms.